The van der Waals surface area contributed by atoms with Crippen LogP contribution in [0.15, 0.2) is 48.8 Å². The highest BCUT2D eigenvalue weighted by Gasteiger charge is 2.35. The van der Waals surface area contributed by atoms with Crippen LogP contribution in [0.2, 0.25) is 5.02 Å². The van der Waals surface area contributed by atoms with Crippen LogP contribution in [0.3, 0.4) is 0 Å². The highest BCUT2D eigenvalue weighted by Crippen LogP contribution is 2.38. The van der Waals surface area contributed by atoms with E-state index >= 15 is 0 Å². The molecule has 0 fully saturated rings. The summed E-state index contributed by atoms with van der Waals surface area (Å²) < 4.78 is 53.1. The number of hydrogen-bond acceptors (Lipinski definition) is 11. The van der Waals surface area contributed by atoms with Crippen LogP contribution in [-0.2, 0) is 14.8 Å². The third-order valence-corrected chi connectivity index (χ3v) is 7.64. The summed E-state index contributed by atoms with van der Waals surface area (Å²) in [6.45, 7) is 1.46. The maximum absolute atomic E-state index is 13.6. The predicted octanol–water partition coefficient (Wildman–Crippen LogP) is 3.32. The summed E-state index contributed by atoms with van der Waals surface area (Å²) in [6, 6.07) is 10.2. The van der Waals surface area contributed by atoms with Gasteiger partial charge in [0.05, 0.1) is 26.4 Å². The lowest BCUT2D eigenvalue weighted by Gasteiger charge is -2.22. The monoisotopic (exact) mass is 575 g/mol. The van der Waals surface area contributed by atoms with Crippen molar-refractivity contribution in [3.63, 3.8) is 0 Å². The van der Waals surface area contributed by atoms with Gasteiger partial charge in [-0.3, -0.25) is 9.29 Å². The van der Waals surface area contributed by atoms with E-state index in [4.69, 9.17) is 30.5 Å². The van der Waals surface area contributed by atoms with E-state index in [1.807, 2.05) is 0 Å². The molecule has 13 nitrogen and oxygen atoms in total. The minimum atomic E-state index is -4.17. The van der Waals surface area contributed by atoms with Crippen molar-refractivity contribution in [1.29, 1.82) is 0 Å². The molecular weight excluding hydrogens is 550 g/mol. The standard InChI is InChI=1S/C24H26ClN7O6S/c1-14(21(38-5)22-26-12-15(25)13-27-22)39(33,34)31-24-30-29-23(16-8-6-11-19(28-16)37-4)32(24)20-17(35-2)9-7-10-18(20)36-3/h6-14,21H,1-5H3,(H,30,31)/t14-,21+/m1/s1. The van der Waals surface area contributed by atoms with E-state index in [9.17, 15) is 8.42 Å². The van der Waals surface area contributed by atoms with Crippen molar-refractivity contribution in [2.45, 2.75) is 18.3 Å². The second-order valence-electron chi connectivity index (χ2n) is 8.03. The molecule has 0 aliphatic heterocycles. The van der Waals surface area contributed by atoms with Crippen molar-refractivity contribution >= 4 is 27.6 Å². The molecule has 0 saturated heterocycles. The fourth-order valence-corrected chi connectivity index (χ4v) is 5.02. The second-order valence-corrected chi connectivity index (χ2v) is 10.5. The molecular formula is C24H26ClN7O6S. The van der Waals surface area contributed by atoms with Crippen LogP contribution in [0.25, 0.3) is 17.2 Å². The molecule has 0 aliphatic rings. The molecule has 0 amide bonds. The van der Waals surface area contributed by atoms with Gasteiger partial charge in [0.2, 0.25) is 21.9 Å². The van der Waals surface area contributed by atoms with Gasteiger partial charge in [0.25, 0.3) is 0 Å². The summed E-state index contributed by atoms with van der Waals surface area (Å²) in [7, 11) is 1.63. The molecule has 2 atom stereocenters. The molecule has 206 valence electrons. The molecule has 0 unspecified atom stereocenters. The molecule has 39 heavy (non-hydrogen) atoms. The number of para-hydroxylation sites is 1. The number of halogens is 1. The van der Waals surface area contributed by atoms with E-state index in [0.29, 0.717) is 33.8 Å². The maximum atomic E-state index is 13.6. The van der Waals surface area contributed by atoms with Gasteiger partial charge in [-0.1, -0.05) is 23.7 Å². The first-order valence-electron chi connectivity index (χ1n) is 11.4. The first kappa shape index (κ1) is 28.0. The Balaban J connectivity index is 1.85. The average molecular weight is 576 g/mol. The topological polar surface area (TPSA) is 152 Å². The highest BCUT2D eigenvalue weighted by molar-refractivity contribution is 7.93. The Bertz CT molecular complexity index is 1530. The van der Waals surface area contributed by atoms with E-state index < -0.39 is 21.4 Å². The second kappa shape index (κ2) is 11.8. The minimum Gasteiger partial charge on any atom is -0.494 e. The van der Waals surface area contributed by atoms with Crippen molar-refractivity contribution in [2.75, 3.05) is 33.2 Å². The predicted molar refractivity (Wildman–Crippen MR) is 143 cm³/mol. The van der Waals surface area contributed by atoms with Gasteiger partial charge in [0.1, 0.15) is 34.2 Å². The molecule has 1 N–H and O–H groups in total. The van der Waals surface area contributed by atoms with Gasteiger partial charge < -0.3 is 18.9 Å². The van der Waals surface area contributed by atoms with Gasteiger partial charge in [0, 0.05) is 25.6 Å². The normalized spacial score (nSPS) is 13.0. The average Bonchev–Trinajstić information content (AvgIpc) is 3.35. The third-order valence-electron chi connectivity index (χ3n) is 5.75. The van der Waals surface area contributed by atoms with E-state index in [2.05, 4.69) is 29.9 Å². The zero-order valence-corrected chi connectivity index (χ0v) is 23.3. The summed E-state index contributed by atoms with van der Waals surface area (Å²) in [5, 5.41) is 7.55. The molecule has 4 aromatic rings. The number of sulfonamides is 1. The summed E-state index contributed by atoms with van der Waals surface area (Å²) in [6.07, 6.45) is 1.71. The SMILES string of the molecule is COc1cccc(-c2nnc(NS(=O)(=O)[C@H](C)[C@H](OC)c3ncc(Cl)cn3)n2-c2c(OC)cccc2OC)n1. The number of nitrogens with zero attached hydrogens (tertiary/aromatic N) is 6. The molecule has 3 aromatic heterocycles. The number of rotatable bonds is 11. The number of nitrogens with one attached hydrogen (secondary N) is 1. The molecule has 1 aromatic carbocycles. The molecule has 0 saturated carbocycles. The Morgan fingerprint density at radius 2 is 1.56 bits per heavy atom. The van der Waals surface area contributed by atoms with E-state index in [1.54, 1.807) is 36.4 Å². The fraction of sp³-hybridized carbons (Fsp3) is 0.292. The largest absolute Gasteiger partial charge is 0.494 e. The van der Waals surface area contributed by atoms with Crippen LogP contribution < -0.4 is 18.9 Å². The summed E-state index contributed by atoms with van der Waals surface area (Å²) in [5.41, 5.74) is 0.708. The highest BCUT2D eigenvalue weighted by atomic mass is 35.5. The lowest BCUT2D eigenvalue weighted by atomic mass is 10.2. The van der Waals surface area contributed by atoms with E-state index in [1.165, 1.54) is 52.3 Å². The zero-order valence-electron chi connectivity index (χ0n) is 21.7. The molecule has 0 radical (unpaired) electrons. The Hall–Kier alpha value is -4.01. The summed E-state index contributed by atoms with van der Waals surface area (Å²) in [4.78, 5) is 12.7. The van der Waals surface area contributed by atoms with Crippen molar-refractivity contribution in [2.24, 2.45) is 0 Å². The molecule has 15 heteroatoms. The van der Waals surface area contributed by atoms with Crippen LogP contribution in [0.4, 0.5) is 5.95 Å². The van der Waals surface area contributed by atoms with Crippen LogP contribution in [0.5, 0.6) is 17.4 Å². The van der Waals surface area contributed by atoms with Gasteiger partial charge in [-0.05, 0) is 25.1 Å². The number of pyridine rings is 1. The first-order chi connectivity index (χ1) is 18.7. The fourth-order valence-electron chi connectivity index (χ4n) is 3.79. The van der Waals surface area contributed by atoms with Crippen molar-refractivity contribution in [3.8, 4) is 34.6 Å². The van der Waals surface area contributed by atoms with Crippen LogP contribution in [0.1, 0.15) is 18.9 Å². The molecule has 4 rings (SSSR count). The van der Waals surface area contributed by atoms with Gasteiger partial charge in [-0.15, -0.1) is 10.2 Å². The van der Waals surface area contributed by atoms with Crippen LogP contribution in [-0.4, -0.2) is 71.8 Å². The lowest BCUT2D eigenvalue weighted by molar-refractivity contribution is 0.0950. The number of hydrogen-bond donors (Lipinski definition) is 1. The van der Waals surface area contributed by atoms with Crippen molar-refractivity contribution in [1.82, 2.24) is 29.7 Å². The Morgan fingerprint density at radius 1 is 0.923 bits per heavy atom. The molecule has 0 bridgehead atoms. The number of ether oxygens (including phenoxy) is 4. The van der Waals surface area contributed by atoms with Crippen molar-refractivity contribution in [3.05, 3.63) is 59.6 Å². The van der Waals surface area contributed by atoms with Crippen molar-refractivity contribution < 1.29 is 27.4 Å². The number of aromatic nitrogens is 6. The number of anilines is 1. The quantitative estimate of drug-likeness (QED) is 0.280. The number of methoxy groups -OCH3 is 4. The van der Waals surface area contributed by atoms with Crippen LogP contribution >= 0.6 is 11.6 Å². The van der Waals surface area contributed by atoms with E-state index in [0.717, 1.165) is 0 Å². The van der Waals surface area contributed by atoms with Crippen LogP contribution in [0, 0.1) is 0 Å². The molecule has 0 spiro atoms. The van der Waals surface area contributed by atoms with E-state index in [-0.39, 0.29) is 17.6 Å². The summed E-state index contributed by atoms with van der Waals surface area (Å²) in [5.74, 6) is 1.28. The zero-order chi connectivity index (χ0) is 28.2. The molecule has 0 aliphatic carbocycles. The Morgan fingerprint density at radius 3 is 2.15 bits per heavy atom. The Kier molecular flexibility index (Phi) is 8.47. The van der Waals surface area contributed by atoms with Gasteiger partial charge in [-0.25, -0.2) is 23.4 Å². The smallest absolute Gasteiger partial charge is 0.243 e. The third kappa shape index (κ3) is 5.72. The maximum Gasteiger partial charge on any atom is 0.243 e. The first-order valence-corrected chi connectivity index (χ1v) is 13.4. The minimum absolute atomic E-state index is 0.142. The number of benzene rings is 1. The van der Waals surface area contributed by atoms with Gasteiger partial charge in [-0.2, -0.15) is 0 Å². The van der Waals surface area contributed by atoms with Gasteiger partial charge in [0.15, 0.2) is 11.6 Å². The molecule has 3 heterocycles. The lowest BCUT2D eigenvalue weighted by Crippen LogP contribution is -2.33. The Labute approximate surface area is 230 Å². The summed E-state index contributed by atoms with van der Waals surface area (Å²) >= 11 is 5.89. The van der Waals surface area contributed by atoms with Gasteiger partial charge >= 0.3 is 0 Å².